The molecule has 160 valence electrons. The minimum Gasteiger partial charge on any atom is -0.352 e. The van der Waals surface area contributed by atoms with Crippen LogP contribution in [0.5, 0.6) is 0 Å². The number of hydrogen-bond donors (Lipinski definition) is 2. The molecule has 6 rings (SSSR count). The maximum Gasteiger partial charge on any atom is 0.184 e. The van der Waals surface area contributed by atoms with Crippen molar-refractivity contribution in [3.8, 4) is 22.6 Å². The molecule has 0 spiro atoms. The summed E-state index contributed by atoms with van der Waals surface area (Å²) >= 11 is 0. The van der Waals surface area contributed by atoms with Gasteiger partial charge in [-0.1, -0.05) is 0 Å². The number of nitrogens with one attached hydrogen (secondary N) is 2. The maximum atomic E-state index is 15.6. The van der Waals surface area contributed by atoms with Crippen LogP contribution < -0.4 is 4.90 Å². The van der Waals surface area contributed by atoms with Crippen LogP contribution in [-0.4, -0.2) is 78.2 Å². The maximum absolute atomic E-state index is 15.6. The molecular weight excluding hydrogens is 411 g/mol. The largest absolute Gasteiger partial charge is 0.352 e. The predicted octanol–water partition coefficient (Wildman–Crippen LogP) is 2.24. The van der Waals surface area contributed by atoms with Gasteiger partial charge in [0.25, 0.3) is 0 Å². The Labute approximate surface area is 181 Å². The van der Waals surface area contributed by atoms with E-state index in [0.717, 1.165) is 43.0 Å². The average molecular weight is 430 g/mol. The molecule has 32 heavy (non-hydrogen) atoms. The normalized spacial score (nSPS) is 15.1. The first-order chi connectivity index (χ1) is 15.7. The van der Waals surface area contributed by atoms with Crippen LogP contribution in [0.15, 0.2) is 37.2 Å². The van der Waals surface area contributed by atoms with Crippen molar-refractivity contribution in [2.24, 2.45) is 0 Å². The average Bonchev–Trinajstić information content (AvgIpc) is 3.45. The number of aromatic nitrogens is 8. The summed E-state index contributed by atoms with van der Waals surface area (Å²) < 4.78 is 15.6. The summed E-state index contributed by atoms with van der Waals surface area (Å²) in [5, 5.41) is 7.34. The first-order valence-electron chi connectivity index (χ1n) is 10.3. The molecule has 0 saturated carbocycles. The lowest BCUT2D eigenvalue weighted by Crippen LogP contribution is -2.44. The Morgan fingerprint density at radius 2 is 1.84 bits per heavy atom. The fourth-order valence-corrected chi connectivity index (χ4v) is 4.05. The Hall–Kier alpha value is -3.99. The van der Waals surface area contributed by atoms with Gasteiger partial charge in [-0.3, -0.25) is 5.10 Å². The number of imidazole rings is 1. The molecule has 0 radical (unpaired) electrons. The number of aromatic amines is 2. The van der Waals surface area contributed by atoms with Gasteiger partial charge in [0.15, 0.2) is 17.3 Å². The number of anilines is 1. The smallest absolute Gasteiger partial charge is 0.184 e. The zero-order valence-corrected chi connectivity index (χ0v) is 17.2. The highest BCUT2D eigenvalue weighted by Gasteiger charge is 2.23. The van der Waals surface area contributed by atoms with E-state index in [1.165, 1.54) is 12.5 Å². The minimum absolute atomic E-state index is 0.263. The van der Waals surface area contributed by atoms with Crippen molar-refractivity contribution in [1.82, 2.24) is 45.0 Å². The van der Waals surface area contributed by atoms with E-state index < -0.39 is 5.82 Å². The second-order valence-electron chi connectivity index (χ2n) is 7.82. The summed E-state index contributed by atoms with van der Waals surface area (Å²) in [4.78, 5) is 29.4. The van der Waals surface area contributed by atoms with E-state index in [9.17, 15) is 0 Å². The summed E-state index contributed by atoms with van der Waals surface area (Å²) in [6.07, 6.45) is 7.70. The number of hydrogen-bond acceptors (Lipinski definition) is 8. The number of likely N-dealkylation sites (N-methyl/N-ethyl adjacent to an activating group) is 1. The van der Waals surface area contributed by atoms with Crippen molar-refractivity contribution in [2.75, 3.05) is 38.1 Å². The summed E-state index contributed by atoms with van der Waals surface area (Å²) in [7, 11) is 2.11. The van der Waals surface area contributed by atoms with E-state index in [1.807, 2.05) is 6.07 Å². The second kappa shape index (κ2) is 7.31. The molecule has 5 aromatic heterocycles. The topological polar surface area (TPSA) is 115 Å². The third-order valence-corrected chi connectivity index (χ3v) is 5.81. The van der Waals surface area contributed by atoms with E-state index in [0.29, 0.717) is 22.6 Å². The molecule has 2 N–H and O–H groups in total. The summed E-state index contributed by atoms with van der Waals surface area (Å²) in [5.74, 6) is 0.849. The lowest BCUT2D eigenvalue weighted by Gasteiger charge is -2.33. The monoisotopic (exact) mass is 430 g/mol. The lowest BCUT2D eigenvalue weighted by molar-refractivity contribution is 0.312. The third kappa shape index (κ3) is 2.97. The van der Waals surface area contributed by atoms with E-state index in [4.69, 9.17) is 4.98 Å². The van der Waals surface area contributed by atoms with Crippen molar-refractivity contribution in [3.05, 3.63) is 43.0 Å². The van der Waals surface area contributed by atoms with Gasteiger partial charge in [0.2, 0.25) is 0 Å². The molecule has 1 saturated heterocycles. The van der Waals surface area contributed by atoms with Gasteiger partial charge in [0.1, 0.15) is 23.4 Å². The van der Waals surface area contributed by atoms with Crippen LogP contribution in [0, 0.1) is 5.82 Å². The first-order valence-corrected chi connectivity index (χ1v) is 10.3. The standard InChI is InChI=1S/C21H19FN10/c1-31-4-6-32(7-5-31)21-17-14(2-3-25-21)27-20(28-17)18-15-16(22)13(10-26-19(15)30-29-18)12-8-23-11-24-9-12/h2-3,8-11H,4-7H2,1H3,(H,27,28)(H,26,29,30). The van der Waals surface area contributed by atoms with Crippen molar-refractivity contribution < 1.29 is 4.39 Å². The highest BCUT2D eigenvalue weighted by atomic mass is 19.1. The van der Waals surface area contributed by atoms with Gasteiger partial charge >= 0.3 is 0 Å². The zero-order chi connectivity index (χ0) is 21.7. The van der Waals surface area contributed by atoms with Crippen LogP contribution in [0.1, 0.15) is 0 Å². The Kier molecular flexibility index (Phi) is 4.28. The molecule has 0 bridgehead atoms. The zero-order valence-electron chi connectivity index (χ0n) is 17.2. The predicted molar refractivity (Wildman–Crippen MR) is 117 cm³/mol. The Balaban J connectivity index is 1.48. The van der Waals surface area contributed by atoms with Gasteiger partial charge in [-0.15, -0.1) is 0 Å². The Bertz CT molecular complexity index is 1420. The van der Waals surface area contributed by atoms with E-state index in [2.05, 4.69) is 52.0 Å². The first kappa shape index (κ1) is 18.8. The SMILES string of the molecule is CN1CCN(c2nccc3[nH]c(-c4[nH]nc5ncc(-c6cncnc6)c(F)c45)nc23)CC1. The van der Waals surface area contributed by atoms with Crippen molar-refractivity contribution in [1.29, 1.82) is 0 Å². The number of rotatable bonds is 3. The number of H-pyrrole nitrogens is 2. The van der Waals surface area contributed by atoms with Crippen LogP contribution >= 0.6 is 0 Å². The third-order valence-electron chi connectivity index (χ3n) is 5.81. The lowest BCUT2D eigenvalue weighted by atomic mass is 10.1. The van der Waals surface area contributed by atoms with Crippen molar-refractivity contribution in [2.45, 2.75) is 0 Å². The molecule has 0 aliphatic carbocycles. The minimum atomic E-state index is -0.452. The molecule has 1 aliphatic heterocycles. The van der Waals surface area contributed by atoms with Crippen molar-refractivity contribution in [3.63, 3.8) is 0 Å². The van der Waals surface area contributed by atoms with Gasteiger partial charge in [0.05, 0.1) is 10.9 Å². The molecule has 6 heterocycles. The number of piperazine rings is 1. The quantitative estimate of drug-likeness (QED) is 0.448. The molecule has 0 atom stereocenters. The fourth-order valence-electron chi connectivity index (χ4n) is 4.05. The highest BCUT2D eigenvalue weighted by Crippen LogP contribution is 2.33. The Morgan fingerprint density at radius 3 is 2.66 bits per heavy atom. The van der Waals surface area contributed by atoms with Gasteiger partial charge in [0, 0.05) is 62.1 Å². The number of pyridine rings is 2. The highest BCUT2D eigenvalue weighted by molar-refractivity contribution is 5.95. The molecule has 10 nitrogen and oxygen atoms in total. The van der Waals surface area contributed by atoms with Gasteiger partial charge in [-0.05, 0) is 13.1 Å². The van der Waals surface area contributed by atoms with E-state index in [1.54, 1.807) is 18.6 Å². The molecule has 1 aliphatic rings. The molecule has 0 aromatic carbocycles. The van der Waals surface area contributed by atoms with E-state index >= 15 is 4.39 Å². The number of fused-ring (bicyclic) bond motifs is 2. The van der Waals surface area contributed by atoms with Crippen LogP contribution in [0.25, 0.3) is 44.7 Å². The Morgan fingerprint density at radius 1 is 1.03 bits per heavy atom. The molecule has 1 fully saturated rings. The molecule has 11 heteroatoms. The number of nitrogens with zero attached hydrogens (tertiary/aromatic N) is 8. The van der Waals surface area contributed by atoms with Crippen LogP contribution in [0.3, 0.4) is 0 Å². The van der Waals surface area contributed by atoms with Crippen LogP contribution in [0.2, 0.25) is 0 Å². The van der Waals surface area contributed by atoms with Gasteiger partial charge < -0.3 is 14.8 Å². The van der Waals surface area contributed by atoms with Crippen LogP contribution in [-0.2, 0) is 0 Å². The second-order valence-corrected chi connectivity index (χ2v) is 7.82. The summed E-state index contributed by atoms with van der Waals surface area (Å²) in [5.41, 5.74) is 3.12. The summed E-state index contributed by atoms with van der Waals surface area (Å²) in [6, 6.07) is 1.87. The summed E-state index contributed by atoms with van der Waals surface area (Å²) in [6.45, 7) is 3.67. The fraction of sp³-hybridized carbons (Fsp3) is 0.238. The molecule has 5 aromatic rings. The van der Waals surface area contributed by atoms with Crippen LogP contribution in [0.4, 0.5) is 10.2 Å². The van der Waals surface area contributed by atoms with E-state index in [-0.39, 0.29) is 11.0 Å². The molecule has 0 unspecified atom stereocenters. The van der Waals surface area contributed by atoms with Gasteiger partial charge in [-0.25, -0.2) is 29.3 Å². The number of halogens is 1. The van der Waals surface area contributed by atoms with Gasteiger partial charge in [-0.2, -0.15) is 5.10 Å². The van der Waals surface area contributed by atoms with Crippen molar-refractivity contribution >= 4 is 27.9 Å². The molecular formula is C21H19FN10. The molecule has 0 amide bonds.